The fourth-order valence-corrected chi connectivity index (χ4v) is 6.09. The molecule has 1 aliphatic rings. The number of carbonyl (C=O) groups is 2. The largest absolute Gasteiger partial charge is 0.493 e. The number of urea groups is 1. The molecule has 0 aliphatic carbocycles. The number of aryl methyl sites for hydroxylation is 1. The van der Waals surface area contributed by atoms with Crippen molar-refractivity contribution in [1.82, 2.24) is 20.4 Å². The molecule has 11 nitrogen and oxygen atoms in total. The number of ether oxygens (including phenoxy) is 1. The summed E-state index contributed by atoms with van der Waals surface area (Å²) in [6.07, 6.45) is 6.70. The summed E-state index contributed by atoms with van der Waals surface area (Å²) in [6.45, 7) is 5.89. The second-order valence-electron chi connectivity index (χ2n) is 11.7. The molecule has 3 aromatic carbocycles. The molecule has 1 aromatic heterocycles. The lowest BCUT2D eigenvalue weighted by molar-refractivity contribution is -0.118. The van der Waals surface area contributed by atoms with E-state index in [1.54, 1.807) is 0 Å². The van der Waals surface area contributed by atoms with Gasteiger partial charge in [0.1, 0.15) is 5.75 Å². The Kier molecular flexibility index (Phi) is 10.9. The quantitative estimate of drug-likeness (QED) is 0.135. The number of anilines is 1. The van der Waals surface area contributed by atoms with E-state index in [0.29, 0.717) is 32.5 Å². The average molecular weight is 660 g/mol. The summed E-state index contributed by atoms with van der Waals surface area (Å²) >= 11 is 0. The highest BCUT2D eigenvalue weighted by atomic mass is 32.2. The van der Waals surface area contributed by atoms with Crippen LogP contribution in [0, 0.1) is 13.8 Å². The molecule has 3 N–H and O–H groups in total. The van der Waals surface area contributed by atoms with Crippen LogP contribution in [0.3, 0.4) is 0 Å². The highest BCUT2D eigenvalue weighted by molar-refractivity contribution is 7.85. The fourth-order valence-electron chi connectivity index (χ4n) is 5.73. The van der Waals surface area contributed by atoms with Gasteiger partial charge in [-0.05, 0) is 78.6 Å². The SMILES string of the molecule is Cc1cccc(OCCCC(=O)N2CCCc3c(-c4cnn(Cc5cccc(CNC(=O)NCCS(=O)(=O)O)c5)c4)cccc32)c1C. The lowest BCUT2D eigenvalue weighted by atomic mass is 9.93. The van der Waals surface area contributed by atoms with E-state index in [9.17, 15) is 18.0 Å². The molecule has 0 radical (unpaired) electrons. The zero-order valence-electron chi connectivity index (χ0n) is 26.7. The van der Waals surface area contributed by atoms with E-state index in [4.69, 9.17) is 9.29 Å². The smallest absolute Gasteiger partial charge is 0.315 e. The first kappa shape index (κ1) is 33.7. The normalized spacial score (nSPS) is 12.8. The van der Waals surface area contributed by atoms with Gasteiger partial charge in [0.05, 0.1) is 25.1 Å². The predicted molar refractivity (Wildman–Crippen MR) is 181 cm³/mol. The van der Waals surface area contributed by atoms with Gasteiger partial charge in [-0.25, -0.2) is 4.79 Å². The summed E-state index contributed by atoms with van der Waals surface area (Å²) < 4.78 is 38.3. The molecule has 47 heavy (non-hydrogen) atoms. The van der Waals surface area contributed by atoms with Crippen molar-refractivity contribution >= 4 is 27.7 Å². The van der Waals surface area contributed by atoms with Crippen molar-refractivity contribution in [2.24, 2.45) is 0 Å². The van der Waals surface area contributed by atoms with Crippen molar-refractivity contribution in [3.8, 4) is 16.9 Å². The third-order valence-corrected chi connectivity index (χ3v) is 9.00. The first-order chi connectivity index (χ1) is 22.6. The predicted octanol–water partition coefficient (Wildman–Crippen LogP) is 5.04. The van der Waals surface area contributed by atoms with E-state index in [1.165, 1.54) is 5.56 Å². The summed E-state index contributed by atoms with van der Waals surface area (Å²) in [4.78, 5) is 27.2. The minimum Gasteiger partial charge on any atom is -0.493 e. The fraction of sp³-hybridized carbons (Fsp3) is 0.343. The average Bonchev–Trinajstić information content (AvgIpc) is 3.51. The number of hydrogen-bond donors (Lipinski definition) is 3. The maximum absolute atomic E-state index is 13.3. The Morgan fingerprint density at radius 3 is 2.64 bits per heavy atom. The van der Waals surface area contributed by atoms with Gasteiger partial charge < -0.3 is 20.3 Å². The second kappa shape index (κ2) is 15.3. The van der Waals surface area contributed by atoms with Crippen LogP contribution in [0.2, 0.25) is 0 Å². The van der Waals surface area contributed by atoms with Crippen molar-refractivity contribution in [2.45, 2.75) is 52.6 Å². The maximum Gasteiger partial charge on any atom is 0.315 e. The van der Waals surface area contributed by atoms with Crippen molar-refractivity contribution in [2.75, 3.05) is 30.3 Å². The molecule has 5 rings (SSSR count). The standard InChI is InChI=1S/C35H41N5O6S/c1-25-8-3-14-33(26(25)2)46-18-7-15-34(41)40-17-6-12-31-30(11-5-13-32(31)40)29-22-38-39(24-29)23-28-10-4-9-27(20-28)21-37-35(42)36-16-19-47(43,44)45/h3-5,8-11,13-14,20,22,24H,6-7,12,15-19,21,23H2,1-2H3,(H2,36,37,42)(H,43,44,45). The Bertz CT molecular complexity index is 1840. The molecule has 1 aliphatic heterocycles. The van der Waals surface area contributed by atoms with E-state index in [-0.39, 0.29) is 19.0 Å². The van der Waals surface area contributed by atoms with Gasteiger partial charge in [0.25, 0.3) is 10.1 Å². The van der Waals surface area contributed by atoms with Gasteiger partial charge in [0, 0.05) is 43.5 Å². The number of nitrogens with one attached hydrogen (secondary N) is 2. The number of aromatic nitrogens is 2. The van der Waals surface area contributed by atoms with Crippen molar-refractivity contribution in [3.05, 3.63) is 101 Å². The molecule has 0 atom stereocenters. The van der Waals surface area contributed by atoms with Crippen LogP contribution in [-0.4, -0.2) is 60.1 Å². The molecule has 0 saturated heterocycles. The number of nitrogens with zero attached hydrogens (tertiary/aromatic N) is 3. The van der Waals surface area contributed by atoms with Crippen molar-refractivity contribution in [1.29, 1.82) is 0 Å². The molecule has 12 heteroatoms. The van der Waals surface area contributed by atoms with Crippen LogP contribution in [0.15, 0.2) is 73.1 Å². The zero-order valence-corrected chi connectivity index (χ0v) is 27.6. The lowest BCUT2D eigenvalue weighted by Gasteiger charge is -2.31. The lowest BCUT2D eigenvalue weighted by Crippen LogP contribution is -2.37. The van der Waals surface area contributed by atoms with E-state index in [0.717, 1.165) is 57.7 Å². The number of rotatable bonds is 13. The van der Waals surface area contributed by atoms with Gasteiger partial charge >= 0.3 is 6.03 Å². The minimum absolute atomic E-state index is 0.105. The van der Waals surface area contributed by atoms with Crippen LogP contribution in [0.25, 0.3) is 11.1 Å². The highest BCUT2D eigenvalue weighted by Crippen LogP contribution is 2.36. The number of fused-ring (bicyclic) bond motifs is 1. The Morgan fingerprint density at radius 1 is 1.02 bits per heavy atom. The van der Waals surface area contributed by atoms with E-state index < -0.39 is 21.9 Å². The maximum atomic E-state index is 13.3. The molecule has 0 fully saturated rings. The molecule has 0 saturated carbocycles. The summed E-state index contributed by atoms with van der Waals surface area (Å²) in [5.74, 6) is 0.427. The van der Waals surface area contributed by atoms with Gasteiger partial charge in [0.15, 0.2) is 0 Å². The molecule has 3 amide bonds. The van der Waals surface area contributed by atoms with Crippen LogP contribution >= 0.6 is 0 Å². The molecule has 0 spiro atoms. The van der Waals surface area contributed by atoms with Crippen LogP contribution < -0.4 is 20.3 Å². The number of amides is 3. The molecule has 0 bridgehead atoms. The monoisotopic (exact) mass is 659 g/mol. The van der Waals surface area contributed by atoms with Gasteiger partial charge in [0.2, 0.25) is 5.91 Å². The first-order valence-corrected chi connectivity index (χ1v) is 17.4. The Hall–Kier alpha value is -4.68. The molecule has 248 valence electrons. The Labute approximate surface area is 275 Å². The first-order valence-electron chi connectivity index (χ1n) is 15.8. The minimum atomic E-state index is -4.13. The van der Waals surface area contributed by atoms with Gasteiger partial charge in [-0.1, -0.05) is 48.5 Å². The summed E-state index contributed by atoms with van der Waals surface area (Å²) in [6, 6.07) is 19.3. The van der Waals surface area contributed by atoms with Gasteiger partial charge in [-0.3, -0.25) is 14.0 Å². The Morgan fingerprint density at radius 2 is 1.81 bits per heavy atom. The van der Waals surface area contributed by atoms with Crippen molar-refractivity contribution < 1.29 is 27.3 Å². The third-order valence-electron chi connectivity index (χ3n) is 8.28. The van der Waals surface area contributed by atoms with Crippen LogP contribution in [0.5, 0.6) is 5.75 Å². The number of benzene rings is 3. The van der Waals surface area contributed by atoms with Gasteiger partial charge in [-0.2, -0.15) is 13.5 Å². The zero-order chi connectivity index (χ0) is 33.4. The van der Waals surface area contributed by atoms with E-state index in [1.807, 2.05) is 77.4 Å². The Balaban J connectivity index is 1.18. The molecule has 0 unspecified atom stereocenters. The molecular weight excluding hydrogens is 618 g/mol. The van der Waals surface area contributed by atoms with E-state index >= 15 is 0 Å². The summed E-state index contributed by atoms with van der Waals surface area (Å²) in [7, 11) is -4.13. The molecule has 2 heterocycles. The topological polar surface area (TPSA) is 143 Å². The number of hydrogen-bond acceptors (Lipinski definition) is 6. The summed E-state index contributed by atoms with van der Waals surface area (Å²) in [5.41, 5.74) is 8.36. The third kappa shape index (κ3) is 9.20. The van der Waals surface area contributed by atoms with Crippen LogP contribution in [0.4, 0.5) is 10.5 Å². The molecule has 4 aromatic rings. The summed E-state index contributed by atoms with van der Waals surface area (Å²) in [5, 5.41) is 9.69. The van der Waals surface area contributed by atoms with Crippen molar-refractivity contribution in [3.63, 3.8) is 0 Å². The molecular formula is C35H41N5O6S. The van der Waals surface area contributed by atoms with Crippen LogP contribution in [-0.2, 0) is 34.4 Å². The van der Waals surface area contributed by atoms with Gasteiger partial charge in [-0.15, -0.1) is 0 Å². The van der Waals surface area contributed by atoms with Crippen LogP contribution in [0.1, 0.15) is 47.1 Å². The second-order valence-corrected chi connectivity index (χ2v) is 13.3. The van der Waals surface area contributed by atoms with E-state index in [2.05, 4.69) is 34.8 Å². The highest BCUT2D eigenvalue weighted by Gasteiger charge is 2.25. The number of carbonyl (C=O) groups excluding carboxylic acids is 2.